The van der Waals surface area contributed by atoms with Gasteiger partial charge in [-0.3, -0.25) is 0 Å². The molecular formula is C15H31NO. The van der Waals surface area contributed by atoms with Crippen LogP contribution in [0.25, 0.3) is 0 Å². The van der Waals surface area contributed by atoms with Crippen LogP contribution in [0.4, 0.5) is 0 Å². The molecular weight excluding hydrogens is 210 g/mol. The molecule has 1 rings (SSSR count). The first kappa shape index (κ1) is 15.0. The van der Waals surface area contributed by atoms with Gasteiger partial charge in [-0.05, 0) is 61.9 Å². The van der Waals surface area contributed by atoms with Gasteiger partial charge < -0.3 is 10.4 Å². The summed E-state index contributed by atoms with van der Waals surface area (Å²) in [6.07, 6.45) is 5.54. The minimum Gasteiger partial charge on any atom is -0.396 e. The molecule has 0 aromatic heterocycles. The molecule has 1 unspecified atom stereocenters. The van der Waals surface area contributed by atoms with Crippen LogP contribution in [-0.4, -0.2) is 24.8 Å². The first-order valence-corrected chi connectivity index (χ1v) is 7.25. The molecule has 0 heterocycles. The average Bonchev–Trinajstić information content (AvgIpc) is 2.28. The summed E-state index contributed by atoms with van der Waals surface area (Å²) in [4.78, 5) is 0. The lowest BCUT2D eigenvalue weighted by atomic mass is 9.70. The molecule has 0 saturated heterocycles. The van der Waals surface area contributed by atoms with Crippen molar-refractivity contribution in [3.63, 3.8) is 0 Å². The van der Waals surface area contributed by atoms with Crippen molar-refractivity contribution in [1.82, 2.24) is 5.32 Å². The van der Waals surface area contributed by atoms with E-state index in [2.05, 4.69) is 33.0 Å². The molecule has 0 aromatic carbocycles. The van der Waals surface area contributed by atoms with Gasteiger partial charge in [-0.15, -0.1) is 0 Å². The summed E-state index contributed by atoms with van der Waals surface area (Å²) in [5, 5.41) is 12.5. The number of aliphatic hydroxyl groups excluding tert-OH is 1. The highest BCUT2D eigenvalue weighted by Gasteiger charge is 2.29. The van der Waals surface area contributed by atoms with Gasteiger partial charge in [0.05, 0.1) is 0 Å². The molecule has 2 heteroatoms. The third-order valence-electron chi connectivity index (χ3n) is 4.31. The van der Waals surface area contributed by atoms with Crippen molar-refractivity contribution in [2.45, 2.75) is 53.4 Å². The van der Waals surface area contributed by atoms with E-state index >= 15 is 0 Å². The third kappa shape index (κ3) is 5.39. The van der Waals surface area contributed by atoms with Crippen LogP contribution in [-0.2, 0) is 0 Å². The minimum atomic E-state index is 0.295. The van der Waals surface area contributed by atoms with E-state index in [9.17, 15) is 0 Å². The highest BCUT2D eigenvalue weighted by molar-refractivity contribution is 4.81. The molecule has 0 radical (unpaired) electrons. The van der Waals surface area contributed by atoms with Crippen molar-refractivity contribution >= 4 is 0 Å². The number of aliphatic hydroxyl groups is 1. The molecule has 0 spiro atoms. The van der Waals surface area contributed by atoms with Gasteiger partial charge in [-0.2, -0.15) is 0 Å². The summed E-state index contributed by atoms with van der Waals surface area (Å²) < 4.78 is 0. The molecule has 1 aliphatic rings. The molecule has 1 fully saturated rings. The zero-order valence-electron chi connectivity index (χ0n) is 12.1. The minimum absolute atomic E-state index is 0.295. The van der Waals surface area contributed by atoms with Crippen molar-refractivity contribution in [2.75, 3.05) is 19.7 Å². The Kier molecular flexibility index (Phi) is 5.94. The molecule has 2 N–H and O–H groups in total. The molecule has 1 aliphatic carbocycles. The molecule has 0 aromatic rings. The van der Waals surface area contributed by atoms with E-state index < -0.39 is 0 Å². The Labute approximate surface area is 107 Å². The van der Waals surface area contributed by atoms with Crippen LogP contribution in [0.5, 0.6) is 0 Å². The first-order valence-electron chi connectivity index (χ1n) is 7.25. The normalized spacial score (nSPS) is 28.1. The van der Waals surface area contributed by atoms with Gasteiger partial charge in [-0.1, -0.05) is 27.7 Å². The number of nitrogens with one attached hydrogen (secondary N) is 1. The predicted octanol–water partition coefficient (Wildman–Crippen LogP) is 3.06. The van der Waals surface area contributed by atoms with Crippen molar-refractivity contribution in [2.24, 2.45) is 23.2 Å². The quantitative estimate of drug-likeness (QED) is 0.775. The molecule has 102 valence electrons. The maximum Gasteiger partial charge on any atom is 0.0468 e. The van der Waals surface area contributed by atoms with Gasteiger partial charge in [-0.25, -0.2) is 0 Å². The largest absolute Gasteiger partial charge is 0.396 e. The summed E-state index contributed by atoms with van der Waals surface area (Å²) in [6.45, 7) is 11.6. The van der Waals surface area contributed by atoms with Gasteiger partial charge in [0.1, 0.15) is 0 Å². The number of rotatable bonds is 5. The molecule has 2 nitrogen and oxygen atoms in total. The predicted molar refractivity (Wildman–Crippen MR) is 74.0 cm³/mol. The fourth-order valence-corrected chi connectivity index (χ4v) is 2.83. The standard InChI is InChI=1S/C15H31NO/c1-12(11-17)9-16-10-13-5-7-14(8-6-13)15(2,3)4/h12-14,16-17H,5-11H2,1-4H3. The Hall–Kier alpha value is -0.0800. The van der Waals surface area contributed by atoms with Gasteiger partial charge in [0.2, 0.25) is 0 Å². The summed E-state index contributed by atoms with van der Waals surface area (Å²) in [5.74, 6) is 2.16. The van der Waals surface area contributed by atoms with E-state index in [0.29, 0.717) is 17.9 Å². The SMILES string of the molecule is CC(CO)CNCC1CCC(C(C)(C)C)CC1. The van der Waals surface area contributed by atoms with Gasteiger partial charge >= 0.3 is 0 Å². The Morgan fingerprint density at radius 3 is 2.24 bits per heavy atom. The van der Waals surface area contributed by atoms with Crippen LogP contribution in [0.2, 0.25) is 0 Å². The van der Waals surface area contributed by atoms with E-state index in [4.69, 9.17) is 5.11 Å². The summed E-state index contributed by atoms with van der Waals surface area (Å²) in [7, 11) is 0. The molecule has 0 amide bonds. The monoisotopic (exact) mass is 241 g/mol. The first-order chi connectivity index (χ1) is 7.93. The highest BCUT2D eigenvalue weighted by atomic mass is 16.3. The summed E-state index contributed by atoms with van der Waals surface area (Å²) in [6, 6.07) is 0. The van der Waals surface area contributed by atoms with Gasteiger partial charge in [0.15, 0.2) is 0 Å². The second-order valence-corrected chi connectivity index (χ2v) is 7.03. The van der Waals surface area contributed by atoms with Crippen molar-refractivity contribution in [1.29, 1.82) is 0 Å². The van der Waals surface area contributed by atoms with Crippen LogP contribution in [0, 0.1) is 23.2 Å². The molecule has 1 atom stereocenters. The van der Waals surface area contributed by atoms with Crippen LogP contribution in [0.15, 0.2) is 0 Å². The molecule has 1 saturated carbocycles. The highest BCUT2D eigenvalue weighted by Crippen LogP contribution is 2.39. The lowest BCUT2D eigenvalue weighted by molar-refractivity contribution is 0.147. The zero-order valence-corrected chi connectivity index (χ0v) is 12.1. The second kappa shape index (κ2) is 6.75. The topological polar surface area (TPSA) is 32.3 Å². The third-order valence-corrected chi connectivity index (χ3v) is 4.31. The van der Waals surface area contributed by atoms with E-state index in [0.717, 1.165) is 24.9 Å². The zero-order chi connectivity index (χ0) is 12.9. The fraction of sp³-hybridized carbons (Fsp3) is 1.00. The summed E-state index contributed by atoms with van der Waals surface area (Å²) in [5.41, 5.74) is 0.490. The van der Waals surface area contributed by atoms with Crippen LogP contribution in [0.1, 0.15) is 53.4 Å². The van der Waals surface area contributed by atoms with E-state index in [1.807, 2.05) is 0 Å². The van der Waals surface area contributed by atoms with Gasteiger partial charge in [0, 0.05) is 6.61 Å². The Bertz CT molecular complexity index is 201. The molecule has 0 aliphatic heterocycles. The molecule has 17 heavy (non-hydrogen) atoms. The number of hydrogen-bond donors (Lipinski definition) is 2. The maximum atomic E-state index is 8.96. The van der Waals surface area contributed by atoms with E-state index in [1.165, 1.54) is 25.7 Å². The Balaban J connectivity index is 2.15. The Morgan fingerprint density at radius 2 is 1.76 bits per heavy atom. The van der Waals surface area contributed by atoms with Crippen molar-refractivity contribution in [3.05, 3.63) is 0 Å². The van der Waals surface area contributed by atoms with Crippen LogP contribution < -0.4 is 5.32 Å². The van der Waals surface area contributed by atoms with Crippen molar-refractivity contribution < 1.29 is 5.11 Å². The number of hydrogen-bond acceptors (Lipinski definition) is 2. The maximum absolute atomic E-state index is 8.96. The lowest BCUT2D eigenvalue weighted by Crippen LogP contribution is -2.32. The average molecular weight is 241 g/mol. The van der Waals surface area contributed by atoms with Crippen LogP contribution in [0.3, 0.4) is 0 Å². The van der Waals surface area contributed by atoms with E-state index in [1.54, 1.807) is 0 Å². The summed E-state index contributed by atoms with van der Waals surface area (Å²) >= 11 is 0. The second-order valence-electron chi connectivity index (χ2n) is 7.03. The van der Waals surface area contributed by atoms with E-state index in [-0.39, 0.29) is 0 Å². The van der Waals surface area contributed by atoms with Gasteiger partial charge in [0.25, 0.3) is 0 Å². The van der Waals surface area contributed by atoms with Crippen molar-refractivity contribution in [3.8, 4) is 0 Å². The lowest BCUT2D eigenvalue weighted by Gasteiger charge is -2.37. The smallest absolute Gasteiger partial charge is 0.0468 e. The Morgan fingerprint density at radius 1 is 1.18 bits per heavy atom. The molecule has 0 bridgehead atoms. The fourth-order valence-electron chi connectivity index (χ4n) is 2.83. The van der Waals surface area contributed by atoms with Crippen LogP contribution >= 0.6 is 0 Å².